The fourth-order valence-corrected chi connectivity index (χ4v) is 2.09. The van der Waals surface area contributed by atoms with Crippen LogP contribution in [0.15, 0.2) is 30.4 Å². The lowest BCUT2D eigenvalue weighted by Crippen LogP contribution is -2.32. The Morgan fingerprint density at radius 3 is 2.27 bits per heavy atom. The smallest absolute Gasteiger partial charge is 0.407 e. The number of nitrogens with one attached hydrogen (secondary N) is 2. The molecular formula is C18H28N2O2. The van der Waals surface area contributed by atoms with Gasteiger partial charge in [0.1, 0.15) is 5.60 Å². The summed E-state index contributed by atoms with van der Waals surface area (Å²) in [5.41, 5.74) is 3.40. The van der Waals surface area contributed by atoms with Crippen LogP contribution in [0.3, 0.4) is 0 Å². The quantitative estimate of drug-likeness (QED) is 0.625. The topological polar surface area (TPSA) is 50.4 Å². The molecule has 0 fully saturated rings. The highest BCUT2D eigenvalue weighted by Crippen LogP contribution is 2.08. The standard InChI is InChI=1S/C18H28N2O2/c1-14-10-15(2)12-16(11-14)13-19-8-6-7-9-20-17(21)22-18(3,4)5/h6-7,10-12,19H,8-9,13H2,1-5H3,(H,20,21)/b7-6+. The van der Waals surface area contributed by atoms with Gasteiger partial charge in [-0.1, -0.05) is 41.5 Å². The molecule has 22 heavy (non-hydrogen) atoms. The van der Waals surface area contributed by atoms with Crippen molar-refractivity contribution in [1.29, 1.82) is 0 Å². The second-order valence-electron chi connectivity index (χ2n) is 6.48. The fraction of sp³-hybridized carbons (Fsp3) is 0.500. The van der Waals surface area contributed by atoms with E-state index < -0.39 is 5.60 Å². The van der Waals surface area contributed by atoms with Gasteiger partial charge in [0, 0.05) is 19.6 Å². The Morgan fingerprint density at radius 1 is 1.09 bits per heavy atom. The van der Waals surface area contributed by atoms with Gasteiger partial charge in [-0.25, -0.2) is 4.79 Å². The third-order valence-corrected chi connectivity index (χ3v) is 2.80. The Labute approximate surface area is 133 Å². The Balaban J connectivity index is 2.18. The van der Waals surface area contributed by atoms with Crippen LogP contribution < -0.4 is 10.6 Å². The summed E-state index contributed by atoms with van der Waals surface area (Å²) in [6, 6.07) is 6.55. The first-order valence-corrected chi connectivity index (χ1v) is 7.66. The van der Waals surface area contributed by atoms with Gasteiger partial charge in [-0.15, -0.1) is 0 Å². The Kier molecular flexibility index (Phi) is 7.12. The van der Waals surface area contributed by atoms with Crippen molar-refractivity contribution < 1.29 is 9.53 Å². The number of carbonyl (C=O) groups excluding carboxylic acids is 1. The molecule has 4 nitrogen and oxygen atoms in total. The predicted octanol–water partition coefficient (Wildman–Crippen LogP) is 3.47. The SMILES string of the molecule is Cc1cc(C)cc(CNC/C=C/CNC(=O)OC(C)(C)C)c1. The summed E-state index contributed by atoms with van der Waals surface area (Å²) in [5.74, 6) is 0. The third-order valence-electron chi connectivity index (χ3n) is 2.80. The van der Waals surface area contributed by atoms with Crippen LogP contribution in [0.5, 0.6) is 0 Å². The third kappa shape index (κ3) is 8.47. The molecule has 0 atom stereocenters. The highest BCUT2D eigenvalue weighted by atomic mass is 16.6. The molecule has 2 N–H and O–H groups in total. The first-order chi connectivity index (χ1) is 10.3. The van der Waals surface area contributed by atoms with E-state index in [1.54, 1.807) is 0 Å². The predicted molar refractivity (Wildman–Crippen MR) is 91.0 cm³/mol. The average molecular weight is 304 g/mol. The zero-order valence-electron chi connectivity index (χ0n) is 14.3. The molecule has 1 aromatic rings. The molecule has 0 bridgehead atoms. The van der Waals surface area contributed by atoms with Crippen molar-refractivity contribution >= 4 is 6.09 Å². The highest BCUT2D eigenvalue weighted by molar-refractivity contribution is 5.67. The number of amides is 1. The summed E-state index contributed by atoms with van der Waals surface area (Å²) >= 11 is 0. The van der Waals surface area contributed by atoms with E-state index in [0.717, 1.165) is 13.1 Å². The Morgan fingerprint density at radius 2 is 1.68 bits per heavy atom. The van der Waals surface area contributed by atoms with E-state index in [0.29, 0.717) is 6.54 Å². The lowest BCUT2D eigenvalue weighted by atomic mass is 10.1. The normalized spacial score (nSPS) is 11.7. The average Bonchev–Trinajstić information content (AvgIpc) is 2.34. The Bertz CT molecular complexity index is 496. The first kappa shape index (κ1) is 18.2. The van der Waals surface area contributed by atoms with Crippen LogP contribution in [-0.2, 0) is 11.3 Å². The number of benzene rings is 1. The number of hydrogen-bond donors (Lipinski definition) is 2. The van der Waals surface area contributed by atoms with Gasteiger partial charge in [0.05, 0.1) is 0 Å². The number of aryl methyl sites for hydroxylation is 2. The number of hydrogen-bond acceptors (Lipinski definition) is 3. The van der Waals surface area contributed by atoms with Gasteiger partial charge in [-0.3, -0.25) is 0 Å². The first-order valence-electron chi connectivity index (χ1n) is 7.66. The molecule has 0 saturated heterocycles. The molecule has 1 aromatic carbocycles. The van der Waals surface area contributed by atoms with Crippen molar-refractivity contribution in [2.75, 3.05) is 13.1 Å². The lowest BCUT2D eigenvalue weighted by Gasteiger charge is -2.19. The number of ether oxygens (including phenoxy) is 1. The maximum absolute atomic E-state index is 11.4. The van der Waals surface area contributed by atoms with Gasteiger partial charge in [-0.2, -0.15) is 0 Å². The van der Waals surface area contributed by atoms with E-state index in [1.165, 1.54) is 16.7 Å². The molecule has 0 radical (unpaired) electrons. The molecule has 0 aliphatic rings. The van der Waals surface area contributed by atoms with Crippen LogP contribution >= 0.6 is 0 Å². The molecule has 0 spiro atoms. The van der Waals surface area contributed by atoms with Crippen molar-refractivity contribution in [3.05, 3.63) is 47.0 Å². The van der Waals surface area contributed by atoms with E-state index in [-0.39, 0.29) is 6.09 Å². The van der Waals surface area contributed by atoms with Crippen LogP contribution in [0.4, 0.5) is 4.79 Å². The van der Waals surface area contributed by atoms with Crippen molar-refractivity contribution in [3.63, 3.8) is 0 Å². The van der Waals surface area contributed by atoms with E-state index in [4.69, 9.17) is 4.74 Å². The zero-order chi connectivity index (χ0) is 16.6. The molecular weight excluding hydrogens is 276 g/mol. The molecule has 0 unspecified atom stereocenters. The van der Waals surface area contributed by atoms with Gasteiger partial charge >= 0.3 is 6.09 Å². The van der Waals surface area contributed by atoms with Gasteiger partial charge in [0.2, 0.25) is 0 Å². The summed E-state index contributed by atoms with van der Waals surface area (Å²) in [6.07, 6.45) is 3.53. The van der Waals surface area contributed by atoms with Crippen molar-refractivity contribution in [1.82, 2.24) is 10.6 Å². The molecule has 0 saturated carbocycles. The van der Waals surface area contributed by atoms with Crippen LogP contribution in [0.2, 0.25) is 0 Å². The molecule has 122 valence electrons. The van der Waals surface area contributed by atoms with Crippen LogP contribution in [0.1, 0.15) is 37.5 Å². The van der Waals surface area contributed by atoms with E-state index in [2.05, 4.69) is 42.7 Å². The van der Waals surface area contributed by atoms with E-state index in [9.17, 15) is 4.79 Å². The van der Waals surface area contributed by atoms with Crippen LogP contribution in [0.25, 0.3) is 0 Å². The van der Waals surface area contributed by atoms with E-state index in [1.807, 2.05) is 32.9 Å². The highest BCUT2D eigenvalue weighted by Gasteiger charge is 2.14. The number of alkyl carbamates (subject to hydrolysis) is 1. The molecule has 4 heteroatoms. The second-order valence-corrected chi connectivity index (χ2v) is 6.48. The Hall–Kier alpha value is -1.81. The van der Waals surface area contributed by atoms with Gasteiger partial charge < -0.3 is 15.4 Å². The summed E-state index contributed by atoms with van der Waals surface area (Å²) in [5, 5.41) is 6.04. The summed E-state index contributed by atoms with van der Waals surface area (Å²) in [4.78, 5) is 11.4. The minimum absolute atomic E-state index is 0.389. The minimum Gasteiger partial charge on any atom is -0.444 e. The van der Waals surface area contributed by atoms with E-state index >= 15 is 0 Å². The van der Waals surface area contributed by atoms with Gasteiger partial charge in [0.25, 0.3) is 0 Å². The second kappa shape index (κ2) is 8.59. The molecule has 0 aliphatic heterocycles. The molecule has 0 aliphatic carbocycles. The van der Waals surface area contributed by atoms with Crippen LogP contribution in [0, 0.1) is 13.8 Å². The summed E-state index contributed by atoms with van der Waals surface area (Å²) < 4.78 is 5.15. The number of carbonyl (C=O) groups is 1. The number of rotatable bonds is 6. The minimum atomic E-state index is -0.457. The van der Waals surface area contributed by atoms with Gasteiger partial charge in [0.15, 0.2) is 0 Å². The van der Waals surface area contributed by atoms with Gasteiger partial charge in [-0.05, 0) is 40.2 Å². The summed E-state index contributed by atoms with van der Waals surface area (Å²) in [7, 11) is 0. The molecule has 0 heterocycles. The zero-order valence-corrected chi connectivity index (χ0v) is 14.3. The maximum atomic E-state index is 11.4. The fourth-order valence-electron chi connectivity index (χ4n) is 2.09. The van der Waals surface area contributed by atoms with Crippen molar-refractivity contribution in [3.8, 4) is 0 Å². The monoisotopic (exact) mass is 304 g/mol. The lowest BCUT2D eigenvalue weighted by molar-refractivity contribution is 0.0534. The van der Waals surface area contributed by atoms with Crippen LogP contribution in [-0.4, -0.2) is 24.8 Å². The maximum Gasteiger partial charge on any atom is 0.407 e. The molecule has 1 amide bonds. The van der Waals surface area contributed by atoms with Crippen molar-refractivity contribution in [2.24, 2.45) is 0 Å². The molecule has 0 aromatic heterocycles. The molecule has 1 rings (SSSR count). The largest absolute Gasteiger partial charge is 0.444 e. The van der Waals surface area contributed by atoms with Crippen molar-refractivity contribution in [2.45, 2.75) is 46.8 Å². The summed E-state index contributed by atoms with van der Waals surface area (Å²) in [6.45, 7) is 11.8.